The fraction of sp³-hybridized carbons (Fsp3) is 0.154. The highest BCUT2D eigenvalue weighted by Gasteiger charge is 2.17. The molecule has 0 unspecified atom stereocenters. The Hall–Kier alpha value is -4.86. The zero-order valence-corrected chi connectivity index (χ0v) is 20.1. The molecule has 4 rings (SSSR count). The van der Waals surface area contributed by atoms with Gasteiger partial charge in [0.25, 0.3) is 5.91 Å². The van der Waals surface area contributed by atoms with E-state index in [0.29, 0.717) is 17.0 Å². The lowest BCUT2D eigenvalue weighted by atomic mass is 10.0. The number of fused-ring (bicyclic) bond motifs is 1. The lowest BCUT2D eigenvalue weighted by Gasteiger charge is -2.13. The topological polar surface area (TPSA) is 124 Å². The van der Waals surface area contributed by atoms with Crippen molar-refractivity contribution in [2.24, 2.45) is 5.10 Å². The van der Waals surface area contributed by atoms with E-state index >= 15 is 0 Å². The monoisotopic (exact) mass is 488 g/mol. The van der Waals surface area contributed by atoms with Crippen molar-refractivity contribution in [2.75, 3.05) is 21.3 Å². The van der Waals surface area contributed by atoms with Crippen LogP contribution in [0.2, 0.25) is 0 Å². The van der Waals surface area contributed by atoms with Crippen molar-refractivity contribution in [2.45, 2.75) is 6.92 Å². The number of nitrogens with one attached hydrogen (secondary N) is 2. The summed E-state index contributed by atoms with van der Waals surface area (Å²) in [5, 5.41) is 13.1. The minimum Gasteiger partial charge on any atom is -0.496 e. The summed E-state index contributed by atoms with van der Waals surface area (Å²) in [6.07, 6.45) is 1.41. The van der Waals surface area contributed by atoms with E-state index in [-0.39, 0.29) is 22.9 Å². The lowest BCUT2D eigenvalue weighted by Crippen LogP contribution is -2.18. The number of carbonyl (C=O) groups excluding carboxylic acids is 2. The van der Waals surface area contributed by atoms with Crippen LogP contribution in [-0.4, -0.2) is 49.6 Å². The number of hydrogen-bond donors (Lipinski definition) is 2. The number of nitrogens with zero attached hydrogens (tertiary/aromatic N) is 2. The number of aromatic nitrogens is 2. The summed E-state index contributed by atoms with van der Waals surface area (Å²) in [5.74, 6) is 0.354. The average Bonchev–Trinajstić information content (AvgIpc) is 3.38. The van der Waals surface area contributed by atoms with Gasteiger partial charge in [-0.2, -0.15) is 10.2 Å². The molecule has 1 aromatic heterocycles. The number of aromatic amines is 1. The fourth-order valence-corrected chi connectivity index (χ4v) is 3.70. The van der Waals surface area contributed by atoms with Gasteiger partial charge in [-0.25, -0.2) is 5.43 Å². The molecule has 0 saturated carbocycles. The summed E-state index contributed by atoms with van der Waals surface area (Å²) >= 11 is 0. The molecule has 0 aliphatic carbocycles. The Labute approximate surface area is 206 Å². The number of methoxy groups -OCH3 is 3. The summed E-state index contributed by atoms with van der Waals surface area (Å²) in [6, 6.07) is 16.5. The predicted octanol–water partition coefficient (Wildman–Crippen LogP) is 3.94. The quantitative estimate of drug-likeness (QED) is 0.167. The van der Waals surface area contributed by atoms with E-state index in [0.717, 1.165) is 16.3 Å². The van der Waals surface area contributed by atoms with Gasteiger partial charge in [0.15, 0.2) is 11.5 Å². The largest absolute Gasteiger partial charge is 0.496 e. The maximum atomic E-state index is 12.7. The molecular formula is C26H24N4O6. The molecule has 10 heteroatoms. The highest BCUT2D eigenvalue weighted by atomic mass is 16.6. The SMILES string of the molecule is COc1cc(C=NNC(=O)c2cc(-c3c(OC)ccc4ccccc34)n[nH]2)cc(OC)c1OC(C)=O. The van der Waals surface area contributed by atoms with Crippen molar-refractivity contribution in [3.8, 4) is 34.3 Å². The predicted molar refractivity (Wildman–Crippen MR) is 134 cm³/mol. The standard InChI is InChI=1S/C26H24N4O6/c1-15(31)36-25-22(34-3)11-16(12-23(25)35-4)14-27-30-26(32)20-13-19(28-29-20)24-18-8-6-5-7-17(18)9-10-21(24)33-2/h5-14H,1-4H3,(H,28,29)(H,30,32). The zero-order chi connectivity index (χ0) is 25.7. The van der Waals surface area contributed by atoms with Gasteiger partial charge in [-0.05, 0) is 35.0 Å². The van der Waals surface area contributed by atoms with Crippen molar-refractivity contribution >= 4 is 28.9 Å². The third kappa shape index (κ3) is 4.97. The Balaban J connectivity index is 1.55. The van der Waals surface area contributed by atoms with Crippen LogP contribution in [0.15, 0.2) is 59.7 Å². The summed E-state index contributed by atoms with van der Waals surface area (Å²) in [7, 11) is 4.46. The lowest BCUT2D eigenvalue weighted by molar-refractivity contribution is -0.132. The molecule has 184 valence electrons. The van der Waals surface area contributed by atoms with E-state index in [4.69, 9.17) is 18.9 Å². The number of hydrazone groups is 1. The number of rotatable bonds is 8. The summed E-state index contributed by atoms with van der Waals surface area (Å²) < 4.78 is 21.3. The molecule has 1 heterocycles. The maximum absolute atomic E-state index is 12.7. The number of ether oxygens (including phenoxy) is 4. The van der Waals surface area contributed by atoms with E-state index in [1.54, 1.807) is 25.3 Å². The maximum Gasteiger partial charge on any atom is 0.308 e. The first-order chi connectivity index (χ1) is 17.4. The van der Waals surface area contributed by atoms with Crippen molar-refractivity contribution in [3.05, 3.63) is 65.9 Å². The van der Waals surface area contributed by atoms with Gasteiger partial charge in [0.2, 0.25) is 5.75 Å². The van der Waals surface area contributed by atoms with Crippen LogP contribution in [0.4, 0.5) is 0 Å². The highest BCUT2D eigenvalue weighted by molar-refractivity contribution is 6.00. The van der Waals surface area contributed by atoms with Gasteiger partial charge in [0.05, 0.1) is 38.8 Å². The Kier molecular flexibility index (Phi) is 7.15. The second-order valence-electron chi connectivity index (χ2n) is 7.58. The average molecular weight is 489 g/mol. The van der Waals surface area contributed by atoms with E-state index in [1.807, 2.05) is 36.4 Å². The third-order valence-corrected chi connectivity index (χ3v) is 5.30. The Morgan fingerprint density at radius 3 is 2.31 bits per heavy atom. The fourth-order valence-electron chi connectivity index (χ4n) is 3.70. The molecule has 0 saturated heterocycles. The van der Waals surface area contributed by atoms with Gasteiger partial charge in [0, 0.05) is 12.5 Å². The Morgan fingerprint density at radius 1 is 0.944 bits per heavy atom. The van der Waals surface area contributed by atoms with Gasteiger partial charge in [0.1, 0.15) is 11.4 Å². The molecular weight excluding hydrogens is 464 g/mol. The molecule has 4 aromatic rings. The van der Waals surface area contributed by atoms with Crippen LogP contribution >= 0.6 is 0 Å². The van der Waals surface area contributed by atoms with Crippen molar-refractivity contribution < 1.29 is 28.5 Å². The highest BCUT2D eigenvalue weighted by Crippen LogP contribution is 2.38. The van der Waals surface area contributed by atoms with Crippen LogP contribution in [0.3, 0.4) is 0 Å². The number of carbonyl (C=O) groups is 2. The second kappa shape index (κ2) is 10.6. The molecule has 0 fully saturated rings. The van der Waals surface area contributed by atoms with Gasteiger partial charge < -0.3 is 18.9 Å². The first-order valence-corrected chi connectivity index (χ1v) is 10.8. The molecule has 0 spiro atoms. The molecule has 36 heavy (non-hydrogen) atoms. The van der Waals surface area contributed by atoms with Crippen LogP contribution in [-0.2, 0) is 4.79 Å². The number of benzene rings is 3. The molecule has 0 bridgehead atoms. The first-order valence-electron chi connectivity index (χ1n) is 10.8. The van der Waals surface area contributed by atoms with E-state index in [9.17, 15) is 9.59 Å². The molecule has 0 atom stereocenters. The van der Waals surface area contributed by atoms with Gasteiger partial charge in [-0.3, -0.25) is 14.7 Å². The van der Waals surface area contributed by atoms with Crippen LogP contribution in [0.25, 0.3) is 22.0 Å². The Morgan fingerprint density at radius 2 is 1.64 bits per heavy atom. The third-order valence-electron chi connectivity index (χ3n) is 5.30. The van der Waals surface area contributed by atoms with Gasteiger partial charge in [-0.1, -0.05) is 30.3 Å². The van der Waals surface area contributed by atoms with Crippen LogP contribution < -0.4 is 24.4 Å². The molecule has 1 amide bonds. The normalized spacial score (nSPS) is 10.9. The van der Waals surface area contributed by atoms with Crippen molar-refractivity contribution in [3.63, 3.8) is 0 Å². The number of esters is 1. The summed E-state index contributed by atoms with van der Waals surface area (Å²) in [5.41, 5.74) is 4.57. The van der Waals surface area contributed by atoms with Gasteiger partial charge >= 0.3 is 5.97 Å². The summed E-state index contributed by atoms with van der Waals surface area (Å²) in [4.78, 5) is 24.1. The van der Waals surface area contributed by atoms with E-state index < -0.39 is 11.9 Å². The van der Waals surface area contributed by atoms with E-state index in [1.165, 1.54) is 27.4 Å². The minimum absolute atomic E-state index is 0.155. The zero-order valence-electron chi connectivity index (χ0n) is 20.1. The molecule has 0 radical (unpaired) electrons. The van der Waals surface area contributed by atoms with Crippen LogP contribution in [0.5, 0.6) is 23.0 Å². The number of hydrogen-bond acceptors (Lipinski definition) is 8. The number of H-pyrrole nitrogens is 1. The molecule has 10 nitrogen and oxygen atoms in total. The van der Waals surface area contributed by atoms with Crippen LogP contribution in [0.1, 0.15) is 23.0 Å². The molecule has 2 N–H and O–H groups in total. The number of amides is 1. The first kappa shape index (κ1) is 24.3. The molecule has 0 aliphatic rings. The van der Waals surface area contributed by atoms with Crippen molar-refractivity contribution in [1.29, 1.82) is 0 Å². The Bertz CT molecular complexity index is 1440. The van der Waals surface area contributed by atoms with Gasteiger partial charge in [-0.15, -0.1) is 0 Å². The minimum atomic E-state index is -0.514. The van der Waals surface area contributed by atoms with E-state index in [2.05, 4.69) is 20.7 Å². The molecule has 0 aliphatic heterocycles. The molecule has 3 aromatic carbocycles. The smallest absolute Gasteiger partial charge is 0.308 e. The summed E-state index contributed by atoms with van der Waals surface area (Å²) in [6.45, 7) is 1.28. The van der Waals surface area contributed by atoms with Crippen molar-refractivity contribution in [1.82, 2.24) is 15.6 Å². The van der Waals surface area contributed by atoms with Crippen LogP contribution in [0, 0.1) is 0 Å². The second-order valence-corrected chi connectivity index (χ2v) is 7.58.